The number of nitrogens with one attached hydrogen (secondary N) is 2. The molecule has 1 amide bonds. The van der Waals surface area contributed by atoms with Gasteiger partial charge in [-0.1, -0.05) is 18.2 Å². The molecule has 0 spiro atoms. The van der Waals surface area contributed by atoms with E-state index in [1.807, 2.05) is 13.1 Å². The lowest BCUT2D eigenvalue weighted by Crippen LogP contribution is -2.14. The molecule has 20 heavy (non-hydrogen) atoms. The normalized spacial score (nSPS) is 10.3. The summed E-state index contributed by atoms with van der Waals surface area (Å²) in [5.74, 6) is -1.81. The van der Waals surface area contributed by atoms with E-state index in [2.05, 4.69) is 10.6 Å². The van der Waals surface area contributed by atoms with Crippen LogP contribution >= 0.6 is 0 Å². The van der Waals surface area contributed by atoms with Gasteiger partial charge in [0.2, 0.25) is 0 Å². The molecule has 0 radical (unpaired) electrons. The zero-order valence-corrected chi connectivity index (χ0v) is 11.0. The second kappa shape index (κ2) is 6.16. The summed E-state index contributed by atoms with van der Waals surface area (Å²) in [7, 11) is 1.82. The highest BCUT2D eigenvalue weighted by atomic mass is 19.1. The van der Waals surface area contributed by atoms with Crippen molar-refractivity contribution >= 4 is 11.6 Å². The Labute approximate surface area is 116 Å². The fourth-order valence-corrected chi connectivity index (χ4v) is 1.89. The van der Waals surface area contributed by atoms with Gasteiger partial charge in [-0.15, -0.1) is 0 Å². The predicted molar refractivity (Wildman–Crippen MR) is 75.2 cm³/mol. The van der Waals surface area contributed by atoms with Crippen LogP contribution in [0, 0.1) is 5.82 Å². The Morgan fingerprint density at radius 3 is 2.70 bits per heavy atom. The summed E-state index contributed by atoms with van der Waals surface area (Å²) in [6.07, 6.45) is 0. The molecule has 0 aliphatic rings. The maximum atomic E-state index is 13.6. The molecule has 0 unspecified atom stereocenters. The average molecular weight is 274 g/mol. The number of carbonyl (C=O) groups excluding carboxylic acids is 1. The Kier molecular flexibility index (Phi) is 4.32. The summed E-state index contributed by atoms with van der Waals surface area (Å²) in [6.45, 7) is 0.661. The predicted octanol–water partition coefficient (Wildman–Crippen LogP) is 2.50. The minimum Gasteiger partial charge on any atom is -0.507 e. The van der Waals surface area contributed by atoms with Gasteiger partial charge in [-0.2, -0.15) is 0 Å². The summed E-state index contributed by atoms with van der Waals surface area (Å²) in [5.41, 5.74) is 1.18. The zero-order valence-electron chi connectivity index (χ0n) is 11.0. The van der Waals surface area contributed by atoms with E-state index in [0.29, 0.717) is 12.2 Å². The smallest absolute Gasteiger partial charge is 0.262 e. The zero-order chi connectivity index (χ0) is 14.5. The topological polar surface area (TPSA) is 61.4 Å². The number of anilines is 1. The van der Waals surface area contributed by atoms with E-state index >= 15 is 0 Å². The van der Waals surface area contributed by atoms with Crippen molar-refractivity contribution in [3.8, 4) is 5.75 Å². The molecule has 0 heterocycles. The van der Waals surface area contributed by atoms with Crippen molar-refractivity contribution in [3.05, 3.63) is 59.4 Å². The molecule has 0 aliphatic heterocycles. The van der Waals surface area contributed by atoms with Crippen LogP contribution in [-0.4, -0.2) is 18.1 Å². The first-order chi connectivity index (χ1) is 9.61. The number of hydrogen-bond donors (Lipinski definition) is 3. The maximum absolute atomic E-state index is 13.6. The number of phenolic OH excluding ortho intramolecular Hbond substituents is 1. The molecule has 2 rings (SSSR count). The lowest BCUT2D eigenvalue weighted by molar-refractivity contribution is 0.102. The van der Waals surface area contributed by atoms with E-state index in [-0.39, 0.29) is 11.3 Å². The summed E-state index contributed by atoms with van der Waals surface area (Å²) >= 11 is 0. The van der Waals surface area contributed by atoms with Crippen LogP contribution in [0.2, 0.25) is 0 Å². The number of aromatic hydroxyl groups is 1. The number of amides is 1. The molecule has 104 valence electrons. The van der Waals surface area contributed by atoms with Gasteiger partial charge >= 0.3 is 0 Å². The maximum Gasteiger partial charge on any atom is 0.262 e. The summed E-state index contributed by atoms with van der Waals surface area (Å²) in [4.78, 5) is 12.0. The summed E-state index contributed by atoms with van der Waals surface area (Å²) in [5, 5.41) is 15.1. The molecule has 0 saturated carbocycles. The van der Waals surface area contributed by atoms with Gasteiger partial charge in [-0.05, 0) is 36.9 Å². The lowest BCUT2D eigenvalue weighted by Gasteiger charge is -2.09. The third kappa shape index (κ3) is 3.13. The van der Waals surface area contributed by atoms with E-state index in [1.165, 1.54) is 12.1 Å². The first-order valence-corrected chi connectivity index (χ1v) is 6.14. The summed E-state index contributed by atoms with van der Waals surface area (Å²) < 4.78 is 13.6. The lowest BCUT2D eigenvalue weighted by atomic mass is 10.1. The Bertz CT molecular complexity index is 609. The molecule has 3 N–H and O–H groups in total. The van der Waals surface area contributed by atoms with Gasteiger partial charge in [-0.3, -0.25) is 4.79 Å². The van der Waals surface area contributed by atoms with Gasteiger partial charge in [0.05, 0.1) is 0 Å². The van der Waals surface area contributed by atoms with Crippen molar-refractivity contribution < 1.29 is 14.3 Å². The van der Waals surface area contributed by atoms with Crippen LogP contribution in [0.4, 0.5) is 10.1 Å². The molecule has 4 nitrogen and oxygen atoms in total. The Balaban J connectivity index is 2.21. The monoisotopic (exact) mass is 274 g/mol. The summed E-state index contributed by atoms with van der Waals surface area (Å²) in [6, 6.07) is 10.9. The van der Waals surface area contributed by atoms with Crippen molar-refractivity contribution in [2.24, 2.45) is 0 Å². The van der Waals surface area contributed by atoms with Gasteiger partial charge in [0, 0.05) is 12.2 Å². The molecule has 0 fully saturated rings. The Morgan fingerprint density at radius 2 is 2.00 bits per heavy atom. The van der Waals surface area contributed by atoms with Gasteiger partial charge in [0.1, 0.15) is 17.1 Å². The van der Waals surface area contributed by atoms with Crippen LogP contribution in [0.25, 0.3) is 0 Å². The van der Waals surface area contributed by atoms with Crippen molar-refractivity contribution in [2.75, 3.05) is 12.4 Å². The minimum absolute atomic E-state index is 0.355. The molecule has 0 aromatic heterocycles. The van der Waals surface area contributed by atoms with E-state index < -0.39 is 11.7 Å². The Morgan fingerprint density at radius 1 is 1.25 bits per heavy atom. The van der Waals surface area contributed by atoms with E-state index in [4.69, 9.17) is 0 Å². The number of carbonyl (C=O) groups is 1. The van der Waals surface area contributed by atoms with Crippen LogP contribution in [0.3, 0.4) is 0 Å². The number of benzene rings is 2. The second-order valence-electron chi connectivity index (χ2n) is 4.32. The van der Waals surface area contributed by atoms with E-state index in [1.54, 1.807) is 18.2 Å². The molecule has 0 saturated heterocycles. The quantitative estimate of drug-likeness (QED) is 0.802. The molecule has 0 bridgehead atoms. The fourth-order valence-electron chi connectivity index (χ4n) is 1.89. The van der Waals surface area contributed by atoms with Gasteiger partial charge in [0.15, 0.2) is 0 Å². The molecule has 0 atom stereocenters. The van der Waals surface area contributed by atoms with Crippen molar-refractivity contribution in [2.45, 2.75) is 6.54 Å². The third-order valence-electron chi connectivity index (χ3n) is 2.78. The largest absolute Gasteiger partial charge is 0.507 e. The second-order valence-corrected chi connectivity index (χ2v) is 4.32. The van der Waals surface area contributed by atoms with Crippen LogP contribution in [0.1, 0.15) is 15.9 Å². The SMILES string of the molecule is CNCc1cccc(NC(=O)c2c(O)cccc2F)c1. The first kappa shape index (κ1) is 14.0. The fraction of sp³-hybridized carbons (Fsp3) is 0.133. The number of halogens is 1. The molecular formula is C15H15FN2O2. The molecule has 0 aliphatic carbocycles. The van der Waals surface area contributed by atoms with E-state index in [9.17, 15) is 14.3 Å². The van der Waals surface area contributed by atoms with E-state index in [0.717, 1.165) is 11.6 Å². The van der Waals surface area contributed by atoms with Crippen molar-refractivity contribution in [1.29, 1.82) is 0 Å². The van der Waals surface area contributed by atoms with Crippen LogP contribution in [-0.2, 0) is 6.54 Å². The van der Waals surface area contributed by atoms with Crippen LogP contribution in [0.5, 0.6) is 5.75 Å². The number of phenols is 1. The first-order valence-electron chi connectivity index (χ1n) is 6.14. The third-order valence-corrected chi connectivity index (χ3v) is 2.78. The number of rotatable bonds is 4. The van der Waals surface area contributed by atoms with Crippen molar-refractivity contribution in [1.82, 2.24) is 5.32 Å². The molecule has 5 heteroatoms. The van der Waals surface area contributed by atoms with Gasteiger partial charge < -0.3 is 15.7 Å². The highest BCUT2D eigenvalue weighted by molar-refractivity contribution is 6.06. The Hall–Kier alpha value is -2.40. The van der Waals surface area contributed by atoms with Gasteiger partial charge in [-0.25, -0.2) is 4.39 Å². The molecule has 2 aromatic rings. The molecule has 2 aromatic carbocycles. The standard InChI is InChI=1S/C15H15FN2O2/c1-17-9-10-4-2-5-11(8-10)18-15(20)14-12(16)6-3-7-13(14)19/h2-8,17,19H,9H2,1H3,(H,18,20). The minimum atomic E-state index is -0.756. The highest BCUT2D eigenvalue weighted by Crippen LogP contribution is 2.21. The van der Waals surface area contributed by atoms with Gasteiger partial charge in [0.25, 0.3) is 5.91 Å². The average Bonchev–Trinajstić information content (AvgIpc) is 2.39. The van der Waals surface area contributed by atoms with Crippen LogP contribution < -0.4 is 10.6 Å². The number of hydrogen-bond acceptors (Lipinski definition) is 3. The van der Waals surface area contributed by atoms with Crippen LogP contribution in [0.15, 0.2) is 42.5 Å². The van der Waals surface area contributed by atoms with Crippen molar-refractivity contribution in [3.63, 3.8) is 0 Å². The highest BCUT2D eigenvalue weighted by Gasteiger charge is 2.16. The molecular weight excluding hydrogens is 259 g/mol.